The maximum absolute atomic E-state index is 9.08. The Morgan fingerprint density at radius 2 is 2.38 bits per heavy atom. The van der Waals surface area contributed by atoms with Gasteiger partial charge in [0.1, 0.15) is 0 Å². The highest BCUT2D eigenvalue weighted by molar-refractivity contribution is 5.12. The van der Waals surface area contributed by atoms with Crippen molar-refractivity contribution in [2.75, 3.05) is 0 Å². The molecule has 0 spiro atoms. The van der Waals surface area contributed by atoms with Crippen molar-refractivity contribution in [3.05, 3.63) is 11.8 Å². The quantitative estimate of drug-likeness (QED) is 0.504. The molecule has 0 amide bonds. The van der Waals surface area contributed by atoms with E-state index in [0.29, 0.717) is 11.7 Å². The molecule has 1 nitrogen and oxygen atoms in total. The molecule has 2 rings (SSSR count). The smallest absolute Gasteiger partial charge is 0.0916 e. The number of fused-ring (bicyclic) bond motifs is 2. The molecule has 0 aliphatic heterocycles. The van der Waals surface area contributed by atoms with Crippen molar-refractivity contribution in [2.45, 2.75) is 19.3 Å². The number of hydrogen-bond acceptors (Lipinski definition) is 1. The van der Waals surface area contributed by atoms with Crippen LogP contribution in [0.2, 0.25) is 0 Å². The molecular formula is C7H10O. The van der Waals surface area contributed by atoms with E-state index < -0.39 is 0 Å². The Bertz CT molecular complexity index is 137. The topological polar surface area (TPSA) is 20.2 Å². The first-order chi connectivity index (χ1) is 3.86. The molecule has 1 heteroatoms. The second-order valence-corrected chi connectivity index (χ2v) is 2.86. The molecule has 0 aromatic heterocycles. The average molecular weight is 110 g/mol. The van der Waals surface area contributed by atoms with E-state index in [0.717, 1.165) is 5.92 Å². The largest absolute Gasteiger partial charge is 0.512 e. The van der Waals surface area contributed by atoms with E-state index in [4.69, 9.17) is 5.11 Å². The second-order valence-electron chi connectivity index (χ2n) is 2.86. The molecule has 2 atom stereocenters. The van der Waals surface area contributed by atoms with E-state index in [2.05, 4.69) is 0 Å². The third-order valence-corrected chi connectivity index (χ3v) is 2.30. The second kappa shape index (κ2) is 1.28. The van der Waals surface area contributed by atoms with Crippen molar-refractivity contribution in [1.82, 2.24) is 0 Å². The molecule has 2 aliphatic carbocycles. The van der Waals surface area contributed by atoms with E-state index >= 15 is 0 Å². The maximum atomic E-state index is 9.08. The van der Waals surface area contributed by atoms with Crippen LogP contribution >= 0.6 is 0 Å². The first-order valence-electron chi connectivity index (χ1n) is 3.27. The summed E-state index contributed by atoms with van der Waals surface area (Å²) >= 11 is 0. The SMILES string of the molecule is OC1=C[C@H]2CC[C@@H]1C2. The first kappa shape index (κ1) is 4.42. The molecule has 0 radical (unpaired) electrons. The minimum Gasteiger partial charge on any atom is -0.512 e. The zero-order valence-electron chi connectivity index (χ0n) is 4.80. The van der Waals surface area contributed by atoms with Gasteiger partial charge in [-0.15, -0.1) is 0 Å². The average Bonchev–Trinajstić information content (AvgIpc) is 2.23. The molecule has 0 aromatic rings. The van der Waals surface area contributed by atoms with Crippen LogP contribution in [0.4, 0.5) is 0 Å². The summed E-state index contributed by atoms with van der Waals surface area (Å²) in [5.74, 6) is 1.96. The standard InChI is InChI=1S/C7H10O/c8-7-4-5-1-2-6(7)3-5/h4-6,8H,1-3H2/t5-,6+/m0/s1. The Morgan fingerprint density at radius 1 is 1.50 bits per heavy atom. The van der Waals surface area contributed by atoms with E-state index in [-0.39, 0.29) is 0 Å². The lowest BCUT2D eigenvalue weighted by molar-refractivity contribution is 0.339. The van der Waals surface area contributed by atoms with Gasteiger partial charge >= 0.3 is 0 Å². The highest BCUT2D eigenvalue weighted by Crippen LogP contribution is 2.42. The fraction of sp³-hybridized carbons (Fsp3) is 0.714. The highest BCUT2D eigenvalue weighted by Gasteiger charge is 2.32. The van der Waals surface area contributed by atoms with E-state index in [9.17, 15) is 0 Å². The molecule has 0 aromatic carbocycles. The molecule has 44 valence electrons. The number of allylic oxidation sites excluding steroid dienone is 2. The summed E-state index contributed by atoms with van der Waals surface area (Å²) in [4.78, 5) is 0. The van der Waals surface area contributed by atoms with Crippen LogP contribution in [-0.4, -0.2) is 5.11 Å². The van der Waals surface area contributed by atoms with Gasteiger partial charge in [0.25, 0.3) is 0 Å². The van der Waals surface area contributed by atoms with Gasteiger partial charge in [0.05, 0.1) is 5.76 Å². The molecule has 8 heavy (non-hydrogen) atoms. The lowest BCUT2D eigenvalue weighted by Crippen LogP contribution is -1.94. The van der Waals surface area contributed by atoms with E-state index in [1.807, 2.05) is 6.08 Å². The van der Waals surface area contributed by atoms with Crippen molar-refractivity contribution in [2.24, 2.45) is 11.8 Å². The van der Waals surface area contributed by atoms with Crippen LogP contribution in [0.5, 0.6) is 0 Å². The summed E-state index contributed by atoms with van der Waals surface area (Å²) in [6.07, 6.45) is 5.79. The zero-order chi connectivity index (χ0) is 5.56. The zero-order valence-corrected chi connectivity index (χ0v) is 4.80. The number of rotatable bonds is 0. The molecule has 2 aliphatic rings. The van der Waals surface area contributed by atoms with Gasteiger partial charge in [-0.05, 0) is 31.3 Å². The number of hydrogen-bond donors (Lipinski definition) is 1. The van der Waals surface area contributed by atoms with Gasteiger partial charge in [0.15, 0.2) is 0 Å². The van der Waals surface area contributed by atoms with E-state index in [1.165, 1.54) is 19.3 Å². The first-order valence-corrected chi connectivity index (χ1v) is 3.27. The van der Waals surface area contributed by atoms with Crippen molar-refractivity contribution in [3.63, 3.8) is 0 Å². The summed E-state index contributed by atoms with van der Waals surface area (Å²) in [6.45, 7) is 0. The van der Waals surface area contributed by atoms with E-state index in [1.54, 1.807) is 0 Å². The Hall–Kier alpha value is -0.460. The van der Waals surface area contributed by atoms with Crippen molar-refractivity contribution >= 4 is 0 Å². The Balaban J connectivity index is 2.29. The third-order valence-electron chi connectivity index (χ3n) is 2.30. The highest BCUT2D eigenvalue weighted by atomic mass is 16.3. The van der Waals surface area contributed by atoms with Crippen LogP contribution in [-0.2, 0) is 0 Å². The molecule has 0 heterocycles. The molecule has 1 saturated carbocycles. The Morgan fingerprint density at radius 3 is 2.62 bits per heavy atom. The monoisotopic (exact) mass is 110 g/mol. The summed E-state index contributed by atoms with van der Waals surface area (Å²) in [5.41, 5.74) is 0. The Kier molecular flexibility index (Phi) is 0.706. The third kappa shape index (κ3) is 0.417. The van der Waals surface area contributed by atoms with Crippen molar-refractivity contribution in [3.8, 4) is 0 Å². The molecule has 2 bridgehead atoms. The van der Waals surface area contributed by atoms with Gasteiger partial charge in [-0.25, -0.2) is 0 Å². The molecule has 0 saturated heterocycles. The fourth-order valence-corrected chi connectivity index (χ4v) is 1.81. The molecule has 0 unspecified atom stereocenters. The van der Waals surface area contributed by atoms with Gasteiger partial charge in [-0.1, -0.05) is 0 Å². The van der Waals surface area contributed by atoms with Crippen LogP contribution in [0.25, 0.3) is 0 Å². The summed E-state index contributed by atoms with van der Waals surface area (Å²) in [6, 6.07) is 0. The van der Waals surface area contributed by atoms with Gasteiger partial charge in [0, 0.05) is 5.92 Å². The summed E-state index contributed by atoms with van der Waals surface area (Å²) in [7, 11) is 0. The van der Waals surface area contributed by atoms with Crippen LogP contribution in [0.15, 0.2) is 11.8 Å². The summed E-state index contributed by atoms with van der Waals surface area (Å²) in [5, 5.41) is 9.08. The fourth-order valence-electron chi connectivity index (χ4n) is 1.81. The molecule has 1 N–H and O–H groups in total. The Labute approximate surface area is 49.0 Å². The van der Waals surface area contributed by atoms with Crippen molar-refractivity contribution < 1.29 is 5.11 Å². The molecular weight excluding hydrogens is 100 g/mol. The van der Waals surface area contributed by atoms with Gasteiger partial charge in [0.2, 0.25) is 0 Å². The normalized spacial score (nSPS) is 42.8. The van der Waals surface area contributed by atoms with Crippen molar-refractivity contribution in [1.29, 1.82) is 0 Å². The van der Waals surface area contributed by atoms with Crippen LogP contribution < -0.4 is 0 Å². The van der Waals surface area contributed by atoms with Crippen LogP contribution in [0.3, 0.4) is 0 Å². The number of aliphatic hydroxyl groups is 1. The summed E-state index contributed by atoms with van der Waals surface area (Å²) < 4.78 is 0. The minimum atomic E-state index is 0.556. The lowest BCUT2D eigenvalue weighted by Gasteiger charge is -2.04. The predicted molar refractivity (Wildman–Crippen MR) is 31.5 cm³/mol. The lowest BCUT2D eigenvalue weighted by atomic mass is 10.1. The van der Waals surface area contributed by atoms with Gasteiger partial charge in [-0.2, -0.15) is 0 Å². The molecule has 1 fully saturated rings. The van der Waals surface area contributed by atoms with Gasteiger partial charge < -0.3 is 5.11 Å². The number of aliphatic hydroxyl groups excluding tert-OH is 1. The van der Waals surface area contributed by atoms with Crippen LogP contribution in [0, 0.1) is 11.8 Å². The van der Waals surface area contributed by atoms with Gasteiger partial charge in [-0.3, -0.25) is 0 Å². The minimum absolute atomic E-state index is 0.556. The predicted octanol–water partition coefficient (Wildman–Crippen LogP) is 1.86. The maximum Gasteiger partial charge on any atom is 0.0916 e. The van der Waals surface area contributed by atoms with Crippen LogP contribution in [0.1, 0.15) is 19.3 Å².